The molecular formula is C15H23. The van der Waals surface area contributed by atoms with E-state index in [0.717, 1.165) is 38.5 Å². The Morgan fingerprint density at radius 1 is 0.600 bits per heavy atom. The van der Waals surface area contributed by atoms with Crippen LogP contribution in [0.3, 0.4) is 0 Å². The average Bonchev–Trinajstić information content (AvgIpc) is 2.26. The molecule has 0 aromatic rings. The highest BCUT2D eigenvalue weighted by molar-refractivity contribution is 4.91. The Balaban J connectivity index is 3.22. The standard InChI is InChI=1S/C15H23/c1-3-5-7-9-11-13-15-14-12-10-8-6-4-2/h3-5,10-13H,1-2,6-9,14-15H2. The summed E-state index contributed by atoms with van der Waals surface area (Å²) in [5, 5.41) is 0. The Labute approximate surface area is 95.1 Å². The molecule has 0 nitrogen and oxygen atoms in total. The highest BCUT2D eigenvalue weighted by Crippen LogP contribution is 1.99. The van der Waals surface area contributed by atoms with Gasteiger partial charge >= 0.3 is 0 Å². The molecule has 0 fully saturated rings. The maximum Gasteiger partial charge on any atom is -0.0316 e. The molecule has 15 heavy (non-hydrogen) atoms. The summed E-state index contributed by atoms with van der Waals surface area (Å²) in [6.45, 7) is 7.34. The Morgan fingerprint density at radius 3 is 1.40 bits per heavy atom. The summed E-state index contributed by atoms with van der Waals surface area (Å²) in [5.74, 6) is 0. The monoisotopic (exact) mass is 203 g/mol. The van der Waals surface area contributed by atoms with Gasteiger partial charge in [-0.15, -0.1) is 6.58 Å². The predicted molar refractivity (Wildman–Crippen MR) is 70.7 cm³/mol. The van der Waals surface area contributed by atoms with E-state index < -0.39 is 0 Å². The molecule has 0 rings (SSSR count). The van der Waals surface area contributed by atoms with E-state index in [2.05, 4.69) is 43.9 Å². The van der Waals surface area contributed by atoms with Crippen LogP contribution in [-0.4, -0.2) is 0 Å². The molecule has 0 amide bonds. The lowest BCUT2D eigenvalue weighted by Gasteiger charge is -1.89. The second kappa shape index (κ2) is 13.0. The zero-order chi connectivity index (χ0) is 11.2. The molecule has 0 heterocycles. The van der Waals surface area contributed by atoms with E-state index in [1.54, 1.807) is 0 Å². The Kier molecular flexibility index (Phi) is 12.1. The van der Waals surface area contributed by atoms with Gasteiger partial charge in [-0.2, -0.15) is 0 Å². The minimum atomic E-state index is 1.09. The predicted octanol–water partition coefficient (Wildman–Crippen LogP) is 5.02. The van der Waals surface area contributed by atoms with Gasteiger partial charge < -0.3 is 0 Å². The zero-order valence-corrected chi connectivity index (χ0v) is 9.70. The van der Waals surface area contributed by atoms with E-state index >= 15 is 0 Å². The second-order valence-corrected chi connectivity index (χ2v) is 3.43. The fraction of sp³-hybridized carbons (Fsp3) is 0.400. The van der Waals surface area contributed by atoms with Crippen molar-refractivity contribution in [2.45, 2.75) is 38.5 Å². The Bertz CT molecular complexity index is 206. The lowest BCUT2D eigenvalue weighted by molar-refractivity contribution is 0.987. The van der Waals surface area contributed by atoms with Crippen molar-refractivity contribution in [1.82, 2.24) is 0 Å². The lowest BCUT2D eigenvalue weighted by Crippen LogP contribution is -1.68. The van der Waals surface area contributed by atoms with Gasteiger partial charge in [0.25, 0.3) is 0 Å². The van der Waals surface area contributed by atoms with Crippen LogP contribution in [0, 0.1) is 6.92 Å². The summed E-state index contributed by atoms with van der Waals surface area (Å²) < 4.78 is 0. The molecule has 0 aliphatic heterocycles. The molecule has 1 radical (unpaired) electrons. The molecule has 0 heteroatoms. The molecule has 0 aromatic heterocycles. The third kappa shape index (κ3) is 13.0. The number of rotatable bonds is 9. The minimum absolute atomic E-state index is 1.09. The first-order valence-electron chi connectivity index (χ1n) is 5.77. The van der Waals surface area contributed by atoms with E-state index in [1.165, 1.54) is 0 Å². The lowest BCUT2D eigenvalue weighted by atomic mass is 10.2. The van der Waals surface area contributed by atoms with Gasteiger partial charge in [0.05, 0.1) is 0 Å². The molecule has 83 valence electrons. The van der Waals surface area contributed by atoms with Crippen LogP contribution >= 0.6 is 0 Å². The largest absolute Gasteiger partial charge is 0.103 e. The van der Waals surface area contributed by atoms with Gasteiger partial charge in [-0.05, 0) is 45.4 Å². The van der Waals surface area contributed by atoms with Crippen LogP contribution in [0.15, 0.2) is 49.1 Å². The summed E-state index contributed by atoms with van der Waals surface area (Å²) in [7, 11) is 0. The number of unbranched alkanes of at least 4 members (excludes halogenated alkanes) is 3. The first-order valence-corrected chi connectivity index (χ1v) is 5.77. The highest BCUT2D eigenvalue weighted by Gasteiger charge is 1.79. The van der Waals surface area contributed by atoms with Crippen molar-refractivity contribution in [1.29, 1.82) is 0 Å². The molecular weight excluding hydrogens is 180 g/mol. The van der Waals surface area contributed by atoms with Crippen molar-refractivity contribution in [2.75, 3.05) is 0 Å². The van der Waals surface area contributed by atoms with E-state index in [4.69, 9.17) is 0 Å². The van der Waals surface area contributed by atoms with Crippen LogP contribution in [0.5, 0.6) is 0 Å². The first-order chi connectivity index (χ1) is 7.41. The molecule has 0 unspecified atom stereocenters. The van der Waals surface area contributed by atoms with E-state index in [1.807, 2.05) is 12.2 Å². The molecule has 0 bridgehead atoms. The van der Waals surface area contributed by atoms with Crippen LogP contribution in [0.1, 0.15) is 38.5 Å². The van der Waals surface area contributed by atoms with Crippen molar-refractivity contribution in [3.8, 4) is 0 Å². The van der Waals surface area contributed by atoms with Crippen molar-refractivity contribution >= 4 is 0 Å². The maximum absolute atomic E-state index is 3.69. The number of allylic oxidation sites excluding steroid dienone is 7. The maximum atomic E-state index is 3.69. The van der Waals surface area contributed by atoms with Gasteiger partial charge in [0.15, 0.2) is 0 Å². The highest BCUT2D eigenvalue weighted by atomic mass is 13.9. The fourth-order valence-electron chi connectivity index (χ4n) is 1.19. The fourth-order valence-corrected chi connectivity index (χ4v) is 1.19. The van der Waals surface area contributed by atoms with Gasteiger partial charge in [0.2, 0.25) is 0 Å². The van der Waals surface area contributed by atoms with Gasteiger partial charge in [-0.3, -0.25) is 0 Å². The second-order valence-electron chi connectivity index (χ2n) is 3.43. The van der Waals surface area contributed by atoms with Crippen LogP contribution in [-0.2, 0) is 0 Å². The Hall–Kier alpha value is -1.04. The SMILES string of the molecule is [CH2]C=CCCC=CCCC=CCCC=C. The van der Waals surface area contributed by atoms with Gasteiger partial charge in [0.1, 0.15) is 0 Å². The van der Waals surface area contributed by atoms with Gasteiger partial charge in [0, 0.05) is 0 Å². The molecule has 0 N–H and O–H groups in total. The Morgan fingerprint density at radius 2 is 1.00 bits per heavy atom. The van der Waals surface area contributed by atoms with Crippen LogP contribution in [0.25, 0.3) is 0 Å². The van der Waals surface area contributed by atoms with Crippen molar-refractivity contribution < 1.29 is 0 Å². The topological polar surface area (TPSA) is 0 Å². The van der Waals surface area contributed by atoms with E-state index in [9.17, 15) is 0 Å². The van der Waals surface area contributed by atoms with Gasteiger partial charge in [-0.1, -0.05) is 42.5 Å². The van der Waals surface area contributed by atoms with Crippen LogP contribution < -0.4 is 0 Å². The van der Waals surface area contributed by atoms with Gasteiger partial charge in [-0.25, -0.2) is 0 Å². The third-order valence-corrected chi connectivity index (χ3v) is 2.04. The number of hydrogen-bond donors (Lipinski definition) is 0. The van der Waals surface area contributed by atoms with Crippen LogP contribution in [0.4, 0.5) is 0 Å². The minimum Gasteiger partial charge on any atom is -0.103 e. The molecule has 0 spiro atoms. The summed E-state index contributed by atoms with van der Waals surface area (Å²) in [6.07, 6.45) is 21.7. The molecule has 0 aromatic carbocycles. The average molecular weight is 203 g/mol. The third-order valence-electron chi connectivity index (χ3n) is 2.04. The normalized spacial score (nSPS) is 12.1. The summed E-state index contributed by atoms with van der Waals surface area (Å²) >= 11 is 0. The summed E-state index contributed by atoms with van der Waals surface area (Å²) in [5.41, 5.74) is 0. The van der Waals surface area contributed by atoms with Crippen LogP contribution in [0.2, 0.25) is 0 Å². The summed E-state index contributed by atoms with van der Waals surface area (Å²) in [4.78, 5) is 0. The molecule has 0 saturated carbocycles. The zero-order valence-electron chi connectivity index (χ0n) is 9.70. The quantitative estimate of drug-likeness (QED) is 0.365. The van der Waals surface area contributed by atoms with Crippen molar-refractivity contribution in [3.05, 3.63) is 56.0 Å². The molecule has 0 aliphatic rings. The smallest absolute Gasteiger partial charge is 0.0316 e. The van der Waals surface area contributed by atoms with E-state index in [0.29, 0.717) is 0 Å². The first kappa shape index (κ1) is 14.0. The molecule has 0 aliphatic carbocycles. The summed E-state index contributed by atoms with van der Waals surface area (Å²) in [6, 6.07) is 0. The molecule has 0 saturated heterocycles. The van der Waals surface area contributed by atoms with Crippen molar-refractivity contribution in [3.63, 3.8) is 0 Å². The van der Waals surface area contributed by atoms with E-state index in [-0.39, 0.29) is 0 Å². The van der Waals surface area contributed by atoms with Crippen molar-refractivity contribution in [2.24, 2.45) is 0 Å². The molecule has 0 atom stereocenters. The number of hydrogen-bond acceptors (Lipinski definition) is 0.